The average Bonchev–Trinajstić information content (AvgIpc) is 3.22. The standard InChI is InChI=1S/C24H20N2O2S/c1-17-7-9-20(10-8-17)22-16-29-24(25-22)26-23(27)15-28-21-13-11-19(12-14-21)18-5-3-2-4-6-18/h2-14,16H,15H2,1H3,(H,25,26,27). The van der Waals surface area contributed by atoms with E-state index in [1.54, 1.807) is 0 Å². The molecule has 0 bridgehead atoms. The highest BCUT2D eigenvalue weighted by atomic mass is 32.1. The number of carbonyl (C=O) groups excluding carboxylic acids is 1. The first-order chi connectivity index (χ1) is 14.2. The first-order valence-electron chi connectivity index (χ1n) is 9.28. The van der Waals surface area contributed by atoms with Gasteiger partial charge >= 0.3 is 0 Å². The summed E-state index contributed by atoms with van der Waals surface area (Å²) in [5.74, 6) is 0.418. The highest BCUT2D eigenvalue weighted by Crippen LogP contribution is 2.25. The number of nitrogens with one attached hydrogen (secondary N) is 1. The van der Waals surface area contributed by atoms with Gasteiger partial charge in [0.2, 0.25) is 0 Å². The van der Waals surface area contributed by atoms with Crippen molar-refractivity contribution in [1.29, 1.82) is 0 Å². The minimum Gasteiger partial charge on any atom is -0.484 e. The number of nitrogens with zero attached hydrogens (tertiary/aromatic N) is 1. The van der Waals surface area contributed by atoms with E-state index in [-0.39, 0.29) is 12.5 Å². The molecule has 0 aliphatic rings. The van der Waals surface area contributed by atoms with Crippen LogP contribution in [0.2, 0.25) is 0 Å². The second kappa shape index (κ2) is 8.71. The van der Waals surface area contributed by atoms with Gasteiger partial charge in [0.15, 0.2) is 11.7 Å². The lowest BCUT2D eigenvalue weighted by molar-refractivity contribution is -0.118. The lowest BCUT2D eigenvalue weighted by Gasteiger charge is -2.07. The predicted octanol–water partition coefficient (Wildman–Crippen LogP) is 5.80. The summed E-state index contributed by atoms with van der Waals surface area (Å²) in [6.07, 6.45) is 0. The van der Waals surface area contributed by atoms with Gasteiger partial charge in [0, 0.05) is 10.9 Å². The number of rotatable bonds is 6. The Hall–Kier alpha value is -3.44. The van der Waals surface area contributed by atoms with Crippen LogP contribution in [0.25, 0.3) is 22.4 Å². The fourth-order valence-electron chi connectivity index (χ4n) is 2.87. The van der Waals surface area contributed by atoms with Crippen LogP contribution in [0.5, 0.6) is 5.75 Å². The molecular formula is C24H20N2O2S. The van der Waals surface area contributed by atoms with Gasteiger partial charge in [-0.3, -0.25) is 10.1 Å². The Morgan fingerprint density at radius 2 is 1.55 bits per heavy atom. The zero-order valence-electron chi connectivity index (χ0n) is 16.0. The molecule has 5 heteroatoms. The molecule has 0 fully saturated rings. The van der Waals surface area contributed by atoms with Gasteiger partial charge in [-0.2, -0.15) is 0 Å². The van der Waals surface area contributed by atoms with E-state index in [1.165, 1.54) is 16.9 Å². The topological polar surface area (TPSA) is 51.2 Å². The van der Waals surface area contributed by atoms with Crippen molar-refractivity contribution in [1.82, 2.24) is 4.98 Å². The van der Waals surface area contributed by atoms with Crippen LogP contribution in [0, 0.1) is 6.92 Å². The number of amides is 1. The zero-order chi connectivity index (χ0) is 20.1. The molecule has 0 saturated heterocycles. The van der Waals surface area contributed by atoms with Gasteiger partial charge in [-0.15, -0.1) is 11.3 Å². The van der Waals surface area contributed by atoms with Crippen molar-refractivity contribution in [3.05, 3.63) is 89.8 Å². The van der Waals surface area contributed by atoms with Gasteiger partial charge in [-0.1, -0.05) is 72.3 Å². The summed E-state index contributed by atoms with van der Waals surface area (Å²) in [7, 11) is 0. The lowest BCUT2D eigenvalue weighted by Crippen LogP contribution is -2.20. The van der Waals surface area contributed by atoms with Crippen LogP contribution in [0.3, 0.4) is 0 Å². The molecule has 0 unspecified atom stereocenters. The Labute approximate surface area is 173 Å². The molecule has 0 aliphatic carbocycles. The molecule has 1 amide bonds. The summed E-state index contributed by atoms with van der Waals surface area (Å²) in [6, 6.07) is 26.0. The van der Waals surface area contributed by atoms with Crippen molar-refractivity contribution in [2.45, 2.75) is 6.92 Å². The molecule has 4 aromatic rings. The van der Waals surface area contributed by atoms with Crippen molar-refractivity contribution in [2.75, 3.05) is 11.9 Å². The molecule has 29 heavy (non-hydrogen) atoms. The van der Waals surface area contributed by atoms with E-state index in [2.05, 4.69) is 22.4 Å². The third-order valence-electron chi connectivity index (χ3n) is 4.43. The van der Waals surface area contributed by atoms with Gasteiger partial charge in [-0.05, 0) is 30.2 Å². The zero-order valence-corrected chi connectivity index (χ0v) is 16.8. The van der Waals surface area contributed by atoms with Crippen LogP contribution >= 0.6 is 11.3 Å². The number of hydrogen-bond acceptors (Lipinski definition) is 4. The second-order valence-corrected chi connectivity index (χ2v) is 7.49. The molecule has 1 N–H and O–H groups in total. The van der Waals surface area contributed by atoms with Gasteiger partial charge in [0.25, 0.3) is 5.91 Å². The van der Waals surface area contributed by atoms with Crippen LogP contribution in [-0.4, -0.2) is 17.5 Å². The number of carbonyl (C=O) groups is 1. The number of hydrogen-bond donors (Lipinski definition) is 1. The molecule has 0 aliphatic heterocycles. The molecular weight excluding hydrogens is 380 g/mol. The monoisotopic (exact) mass is 400 g/mol. The van der Waals surface area contributed by atoms with E-state index >= 15 is 0 Å². The van der Waals surface area contributed by atoms with Crippen LogP contribution in [0.1, 0.15) is 5.56 Å². The maximum atomic E-state index is 12.2. The van der Waals surface area contributed by atoms with Gasteiger partial charge in [0.05, 0.1) is 5.69 Å². The van der Waals surface area contributed by atoms with Crippen LogP contribution in [0.4, 0.5) is 5.13 Å². The van der Waals surface area contributed by atoms with E-state index in [4.69, 9.17) is 4.74 Å². The first-order valence-corrected chi connectivity index (χ1v) is 10.2. The van der Waals surface area contributed by atoms with Crippen molar-refractivity contribution in [3.63, 3.8) is 0 Å². The maximum Gasteiger partial charge on any atom is 0.264 e. The number of ether oxygens (including phenoxy) is 1. The molecule has 4 nitrogen and oxygen atoms in total. The summed E-state index contributed by atoms with van der Waals surface area (Å²) in [5.41, 5.74) is 5.33. The SMILES string of the molecule is Cc1ccc(-c2csc(NC(=O)COc3ccc(-c4ccccc4)cc3)n2)cc1. The summed E-state index contributed by atoms with van der Waals surface area (Å²) >= 11 is 1.40. The fourth-order valence-corrected chi connectivity index (χ4v) is 3.60. The Balaban J connectivity index is 1.32. The molecule has 0 saturated carbocycles. The average molecular weight is 401 g/mol. The number of aryl methyl sites for hydroxylation is 1. The molecule has 3 aromatic carbocycles. The molecule has 0 radical (unpaired) electrons. The van der Waals surface area contributed by atoms with E-state index in [1.807, 2.05) is 79.0 Å². The predicted molar refractivity (Wildman–Crippen MR) is 118 cm³/mol. The van der Waals surface area contributed by atoms with Crippen molar-refractivity contribution < 1.29 is 9.53 Å². The molecule has 0 spiro atoms. The quantitative estimate of drug-likeness (QED) is 0.445. The normalized spacial score (nSPS) is 10.5. The van der Waals surface area contributed by atoms with Crippen molar-refractivity contribution in [3.8, 4) is 28.1 Å². The summed E-state index contributed by atoms with van der Waals surface area (Å²) < 4.78 is 5.60. The Morgan fingerprint density at radius 3 is 2.28 bits per heavy atom. The van der Waals surface area contributed by atoms with Crippen LogP contribution < -0.4 is 10.1 Å². The van der Waals surface area contributed by atoms with E-state index in [0.29, 0.717) is 10.9 Å². The van der Waals surface area contributed by atoms with Gasteiger partial charge in [0.1, 0.15) is 5.75 Å². The van der Waals surface area contributed by atoms with Gasteiger partial charge in [-0.25, -0.2) is 4.98 Å². The fraction of sp³-hybridized carbons (Fsp3) is 0.0833. The number of aromatic nitrogens is 1. The van der Waals surface area contributed by atoms with Gasteiger partial charge < -0.3 is 4.74 Å². The molecule has 4 rings (SSSR count). The highest BCUT2D eigenvalue weighted by molar-refractivity contribution is 7.14. The first kappa shape index (κ1) is 18.9. The number of thiazole rings is 1. The van der Waals surface area contributed by atoms with E-state index in [9.17, 15) is 4.79 Å². The second-order valence-electron chi connectivity index (χ2n) is 6.63. The molecule has 1 heterocycles. The summed E-state index contributed by atoms with van der Waals surface area (Å²) in [6.45, 7) is 1.98. The minimum atomic E-state index is -0.234. The highest BCUT2D eigenvalue weighted by Gasteiger charge is 2.09. The number of anilines is 1. The molecule has 0 atom stereocenters. The van der Waals surface area contributed by atoms with Crippen LogP contribution in [-0.2, 0) is 4.79 Å². The lowest BCUT2D eigenvalue weighted by atomic mass is 10.1. The molecule has 1 aromatic heterocycles. The Kier molecular flexibility index (Phi) is 5.68. The smallest absolute Gasteiger partial charge is 0.264 e. The number of benzene rings is 3. The maximum absolute atomic E-state index is 12.2. The Bertz CT molecular complexity index is 1090. The summed E-state index contributed by atoms with van der Waals surface area (Å²) in [4.78, 5) is 16.7. The van der Waals surface area contributed by atoms with E-state index < -0.39 is 0 Å². The largest absolute Gasteiger partial charge is 0.484 e. The van der Waals surface area contributed by atoms with Crippen LogP contribution in [0.15, 0.2) is 84.2 Å². The van der Waals surface area contributed by atoms with E-state index in [0.717, 1.165) is 22.4 Å². The Morgan fingerprint density at radius 1 is 0.897 bits per heavy atom. The summed E-state index contributed by atoms with van der Waals surface area (Å²) in [5, 5.41) is 5.29. The van der Waals surface area contributed by atoms with Crippen molar-refractivity contribution >= 4 is 22.4 Å². The molecule has 144 valence electrons. The third kappa shape index (κ3) is 4.89. The third-order valence-corrected chi connectivity index (χ3v) is 5.19. The minimum absolute atomic E-state index is 0.0653. The van der Waals surface area contributed by atoms with Crippen molar-refractivity contribution in [2.24, 2.45) is 0 Å².